The van der Waals surface area contributed by atoms with Crippen LogP contribution in [0.15, 0.2) is 36.7 Å². The molecule has 0 spiro atoms. The van der Waals surface area contributed by atoms with Gasteiger partial charge in [-0.1, -0.05) is 30.3 Å². The number of rotatable bonds is 7. The number of hydrogen-bond acceptors (Lipinski definition) is 5. The van der Waals surface area contributed by atoms with Crippen LogP contribution in [0, 0.1) is 0 Å². The van der Waals surface area contributed by atoms with Crippen LogP contribution in [0.3, 0.4) is 0 Å². The predicted molar refractivity (Wildman–Crippen MR) is 124 cm³/mol. The minimum atomic E-state index is 0.286. The van der Waals surface area contributed by atoms with Crippen LogP contribution in [-0.4, -0.2) is 40.6 Å². The standard InChI is InChI=1S/C25H31N3OS/c1-28(16-6-9-18-7-3-2-4-8-18)19-12-14-20(15-13-19)29-24-23-21-10-5-11-22(21)30-25(23)27-17-26-24/h2-4,7-8,17,19-20H,5-6,9-16H2,1H3/t19-,20-. The minimum absolute atomic E-state index is 0.286. The lowest BCUT2D eigenvalue weighted by molar-refractivity contribution is 0.0981. The third kappa shape index (κ3) is 4.23. The molecule has 0 atom stereocenters. The van der Waals surface area contributed by atoms with Crippen molar-refractivity contribution in [1.82, 2.24) is 14.9 Å². The van der Waals surface area contributed by atoms with E-state index in [0.717, 1.165) is 36.4 Å². The molecule has 4 nitrogen and oxygen atoms in total. The predicted octanol–water partition coefficient (Wildman–Crippen LogP) is 5.43. The molecule has 0 bridgehead atoms. The normalized spacial score (nSPS) is 21.3. The first-order chi connectivity index (χ1) is 14.8. The zero-order valence-corrected chi connectivity index (χ0v) is 18.7. The number of thiophene rings is 1. The fourth-order valence-electron chi connectivity index (χ4n) is 5.11. The van der Waals surface area contributed by atoms with E-state index >= 15 is 0 Å². The smallest absolute Gasteiger partial charge is 0.225 e. The molecule has 0 aliphatic heterocycles. The number of aromatic nitrogens is 2. The van der Waals surface area contributed by atoms with Crippen LogP contribution in [0.2, 0.25) is 0 Å². The molecule has 0 unspecified atom stereocenters. The highest BCUT2D eigenvalue weighted by Gasteiger charge is 2.27. The number of nitrogens with zero attached hydrogens (tertiary/aromatic N) is 3. The fraction of sp³-hybridized carbons (Fsp3) is 0.520. The van der Waals surface area contributed by atoms with Crippen LogP contribution >= 0.6 is 11.3 Å². The molecule has 3 aromatic rings. The summed E-state index contributed by atoms with van der Waals surface area (Å²) in [6.07, 6.45) is 12.6. The molecular weight excluding hydrogens is 390 g/mol. The van der Waals surface area contributed by atoms with Gasteiger partial charge in [-0.25, -0.2) is 9.97 Å². The van der Waals surface area contributed by atoms with Crippen molar-refractivity contribution in [3.63, 3.8) is 0 Å². The van der Waals surface area contributed by atoms with Gasteiger partial charge in [-0.15, -0.1) is 11.3 Å². The van der Waals surface area contributed by atoms with Crippen LogP contribution in [0.5, 0.6) is 5.88 Å². The van der Waals surface area contributed by atoms with Gasteiger partial charge in [0.25, 0.3) is 0 Å². The highest BCUT2D eigenvalue weighted by atomic mass is 32.1. The Morgan fingerprint density at radius 1 is 1.07 bits per heavy atom. The van der Waals surface area contributed by atoms with E-state index in [1.54, 1.807) is 6.33 Å². The van der Waals surface area contributed by atoms with Gasteiger partial charge < -0.3 is 9.64 Å². The summed E-state index contributed by atoms with van der Waals surface area (Å²) < 4.78 is 6.46. The highest BCUT2D eigenvalue weighted by molar-refractivity contribution is 7.18. The summed E-state index contributed by atoms with van der Waals surface area (Å²) in [7, 11) is 2.29. The molecule has 2 aromatic heterocycles. The number of aryl methyl sites for hydroxylation is 3. The Labute approximate surface area is 183 Å². The molecule has 30 heavy (non-hydrogen) atoms. The summed E-state index contributed by atoms with van der Waals surface area (Å²) in [6, 6.07) is 11.5. The van der Waals surface area contributed by atoms with E-state index in [1.165, 1.54) is 60.0 Å². The topological polar surface area (TPSA) is 38.2 Å². The zero-order valence-electron chi connectivity index (χ0n) is 17.8. The molecule has 1 fully saturated rings. The van der Waals surface area contributed by atoms with Gasteiger partial charge in [-0.3, -0.25) is 0 Å². The lowest BCUT2D eigenvalue weighted by atomic mass is 9.92. The summed E-state index contributed by atoms with van der Waals surface area (Å²) in [6.45, 7) is 1.17. The summed E-state index contributed by atoms with van der Waals surface area (Å²) in [5.74, 6) is 0.832. The summed E-state index contributed by atoms with van der Waals surface area (Å²) in [4.78, 5) is 14.2. The van der Waals surface area contributed by atoms with Crippen molar-refractivity contribution in [2.45, 2.75) is 69.9 Å². The molecule has 0 saturated heterocycles. The maximum atomic E-state index is 6.46. The average Bonchev–Trinajstić information content (AvgIpc) is 3.36. The van der Waals surface area contributed by atoms with Crippen molar-refractivity contribution in [3.8, 4) is 5.88 Å². The largest absolute Gasteiger partial charge is 0.474 e. The first-order valence-corrected chi connectivity index (χ1v) is 12.3. The number of hydrogen-bond donors (Lipinski definition) is 0. The van der Waals surface area contributed by atoms with E-state index in [0.29, 0.717) is 6.04 Å². The molecule has 2 heterocycles. The van der Waals surface area contributed by atoms with E-state index < -0.39 is 0 Å². The van der Waals surface area contributed by atoms with Crippen LogP contribution in [0.4, 0.5) is 0 Å². The lowest BCUT2D eigenvalue weighted by Gasteiger charge is -2.34. The Balaban J connectivity index is 1.14. The Morgan fingerprint density at radius 3 is 2.73 bits per heavy atom. The third-order valence-electron chi connectivity index (χ3n) is 6.83. The van der Waals surface area contributed by atoms with Gasteiger partial charge in [0, 0.05) is 10.9 Å². The first-order valence-electron chi connectivity index (χ1n) is 11.4. The maximum absolute atomic E-state index is 6.46. The molecule has 2 aliphatic rings. The van der Waals surface area contributed by atoms with Crippen LogP contribution in [0.25, 0.3) is 10.2 Å². The molecule has 0 N–H and O–H groups in total. The van der Waals surface area contributed by atoms with E-state index in [2.05, 4.69) is 52.2 Å². The van der Waals surface area contributed by atoms with Crippen molar-refractivity contribution >= 4 is 21.6 Å². The van der Waals surface area contributed by atoms with Gasteiger partial charge in [0.2, 0.25) is 5.88 Å². The molecule has 1 saturated carbocycles. The number of benzene rings is 1. The van der Waals surface area contributed by atoms with Gasteiger partial charge in [-0.05, 0) is 82.5 Å². The lowest BCUT2D eigenvalue weighted by Crippen LogP contribution is -2.38. The van der Waals surface area contributed by atoms with Crippen LogP contribution in [0.1, 0.15) is 54.5 Å². The van der Waals surface area contributed by atoms with E-state index in [9.17, 15) is 0 Å². The van der Waals surface area contributed by atoms with Gasteiger partial charge in [0.1, 0.15) is 17.3 Å². The molecule has 158 valence electrons. The van der Waals surface area contributed by atoms with Crippen LogP contribution in [-0.2, 0) is 19.3 Å². The molecule has 0 amide bonds. The Hall–Kier alpha value is -1.98. The fourth-order valence-corrected chi connectivity index (χ4v) is 6.33. The van der Waals surface area contributed by atoms with E-state index in [4.69, 9.17) is 4.74 Å². The molecule has 1 aromatic carbocycles. The van der Waals surface area contributed by atoms with Gasteiger partial charge in [-0.2, -0.15) is 0 Å². The van der Waals surface area contributed by atoms with Crippen LogP contribution < -0.4 is 4.74 Å². The number of fused-ring (bicyclic) bond motifs is 3. The maximum Gasteiger partial charge on any atom is 0.225 e. The van der Waals surface area contributed by atoms with Crippen molar-refractivity contribution in [2.24, 2.45) is 0 Å². The van der Waals surface area contributed by atoms with Gasteiger partial charge in [0.15, 0.2) is 0 Å². The summed E-state index contributed by atoms with van der Waals surface area (Å²) in [5, 5.41) is 1.20. The number of ether oxygens (including phenoxy) is 1. The molecule has 5 rings (SSSR count). The van der Waals surface area contributed by atoms with Gasteiger partial charge in [0.05, 0.1) is 5.39 Å². The quantitative estimate of drug-likeness (QED) is 0.509. The molecule has 0 radical (unpaired) electrons. The van der Waals surface area contributed by atoms with Gasteiger partial charge >= 0.3 is 0 Å². The molecule has 5 heteroatoms. The average molecular weight is 422 g/mol. The first kappa shape index (κ1) is 20.0. The second-order valence-electron chi connectivity index (χ2n) is 8.83. The van der Waals surface area contributed by atoms with Crippen molar-refractivity contribution in [2.75, 3.05) is 13.6 Å². The molecular formula is C25H31N3OS. The Bertz CT molecular complexity index is 979. The zero-order chi connectivity index (χ0) is 20.3. The van der Waals surface area contributed by atoms with Crippen molar-refractivity contribution in [3.05, 3.63) is 52.7 Å². The third-order valence-corrected chi connectivity index (χ3v) is 8.03. The second-order valence-corrected chi connectivity index (χ2v) is 9.92. The van der Waals surface area contributed by atoms with E-state index in [-0.39, 0.29) is 6.10 Å². The Kier molecular flexibility index (Phi) is 6.00. The monoisotopic (exact) mass is 421 g/mol. The summed E-state index contributed by atoms with van der Waals surface area (Å²) in [5.41, 5.74) is 2.90. The van der Waals surface area contributed by atoms with Crippen molar-refractivity contribution < 1.29 is 4.74 Å². The second kappa shape index (κ2) is 9.03. The minimum Gasteiger partial charge on any atom is -0.474 e. The summed E-state index contributed by atoms with van der Waals surface area (Å²) >= 11 is 1.84. The molecule has 2 aliphatic carbocycles. The Morgan fingerprint density at radius 2 is 1.90 bits per heavy atom. The highest BCUT2D eigenvalue weighted by Crippen LogP contribution is 2.40. The van der Waals surface area contributed by atoms with Crippen molar-refractivity contribution in [1.29, 1.82) is 0 Å². The SMILES string of the molecule is CN(CCCc1ccccc1)[C@H]1CC[C@H](Oc2ncnc3sc4c(c23)CCC4)CC1. The van der Waals surface area contributed by atoms with E-state index in [1.807, 2.05) is 11.3 Å².